The van der Waals surface area contributed by atoms with Crippen LogP contribution in [0.4, 0.5) is 20.6 Å². The van der Waals surface area contributed by atoms with Gasteiger partial charge in [-0.25, -0.2) is 9.18 Å². The first-order chi connectivity index (χ1) is 14.9. The predicted octanol–water partition coefficient (Wildman–Crippen LogP) is 1.83. The maximum Gasteiger partial charge on any atom is 0.414 e. The van der Waals surface area contributed by atoms with Crippen LogP contribution in [0.25, 0.3) is 0 Å². The molecular weight excluding hydrogens is 409 g/mol. The largest absolute Gasteiger partial charge is 0.504 e. The number of anilines is 2. The smallest absolute Gasteiger partial charge is 0.414 e. The number of amides is 2. The van der Waals surface area contributed by atoms with Gasteiger partial charge in [0.1, 0.15) is 11.9 Å². The molecule has 2 aliphatic rings. The Kier molecular flexibility index (Phi) is 5.81. The molecule has 9 nitrogen and oxygen atoms in total. The van der Waals surface area contributed by atoms with Crippen molar-refractivity contribution in [2.24, 2.45) is 0 Å². The average molecular weight is 431 g/mol. The molecule has 0 spiro atoms. The number of morpholine rings is 1. The number of para-hydroxylation sites is 1. The molecule has 2 aromatic rings. The number of benzene rings is 2. The summed E-state index contributed by atoms with van der Waals surface area (Å²) in [5.41, 5.74) is 0.718. The summed E-state index contributed by atoms with van der Waals surface area (Å²) in [6, 6.07) is 8.61. The van der Waals surface area contributed by atoms with E-state index in [-0.39, 0.29) is 18.7 Å². The number of nitrogens with zero attached hydrogens (tertiary/aromatic N) is 2. The van der Waals surface area contributed by atoms with Crippen molar-refractivity contribution in [1.29, 1.82) is 0 Å². The van der Waals surface area contributed by atoms with Crippen molar-refractivity contribution < 1.29 is 33.7 Å². The van der Waals surface area contributed by atoms with E-state index in [1.165, 1.54) is 29.2 Å². The Morgan fingerprint density at radius 3 is 2.71 bits per heavy atom. The molecule has 2 saturated heterocycles. The van der Waals surface area contributed by atoms with E-state index < -0.39 is 35.4 Å². The van der Waals surface area contributed by atoms with Crippen molar-refractivity contribution in [3.8, 4) is 11.5 Å². The molecular formula is C21H22FN3O6. The quantitative estimate of drug-likeness (QED) is 0.620. The Morgan fingerprint density at radius 1 is 1.19 bits per heavy atom. The van der Waals surface area contributed by atoms with Crippen LogP contribution < -0.4 is 15.1 Å². The molecule has 0 radical (unpaired) electrons. The van der Waals surface area contributed by atoms with Crippen LogP contribution in [0.1, 0.15) is 10.4 Å². The molecule has 0 aliphatic carbocycles. The fraction of sp³-hybridized carbons (Fsp3) is 0.333. The summed E-state index contributed by atoms with van der Waals surface area (Å²) in [6.45, 7) is 2.38. The molecule has 2 amide bonds. The molecule has 10 heteroatoms. The zero-order chi connectivity index (χ0) is 22.0. The van der Waals surface area contributed by atoms with Gasteiger partial charge in [0, 0.05) is 13.1 Å². The summed E-state index contributed by atoms with van der Waals surface area (Å²) >= 11 is 0. The van der Waals surface area contributed by atoms with Gasteiger partial charge in [-0.1, -0.05) is 6.07 Å². The molecule has 3 N–H and O–H groups in total. The van der Waals surface area contributed by atoms with Gasteiger partial charge in [0.25, 0.3) is 5.91 Å². The van der Waals surface area contributed by atoms with Crippen molar-refractivity contribution in [1.82, 2.24) is 5.32 Å². The number of nitrogens with one attached hydrogen (secondary N) is 1. The second-order valence-electron chi connectivity index (χ2n) is 7.23. The van der Waals surface area contributed by atoms with E-state index in [0.717, 1.165) is 0 Å². The van der Waals surface area contributed by atoms with Gasteiger partial charge >= 0.3 is 6.09 Å². The number of aromatic hydroxyl groups is 2. The zero-order valence-electron chi connectivity index (χ0n) is 16.6. The Bertz CT molecular complexity index is 995. The minimum Gasteiger partial charge on any atom is -0.504 e. The number of ether oxygens (including phenoxy) is 2. The normalized spacial score (nSPS) is 18.7. The first-order valence-corrected chi connectivity index (χ1v) is 9.83. The van der Waals surface area contributed by atoms with Crippen LogP contribution in [0.5, 0.6) is 11.5 Å². The molecule has 0 unspecified atom stereocenters. The first-order valence-electron chi connectivity index (χ1n) is 9.83. The van der Waals surface area contributed by atoms with Crippen LogP contribution in [0, 0.1) is 5.82 Å². The lowest BCUT2D eigenvalue weighted by atomic mass is 10.1. The fourth-order valence-electron chi connectivity index (χ4n) is 3.58. The van der Waals surface area contributed by atoms with E-state index in [1.807, 2.05) is 4.90 Å². The third-order valence-electron chi connectivity index (χ3n) is 5.22. The average Bonchev–Trinajstić information content (AvgIpc) is 3.15. The molecule has 4 rings (SSSR count). The molecule has 164 valence electrons. The number of hydrogen-bond acceptors (Lipinski definition) is 7. The van der Waals surface area contributed by atoms with E-state index in [4.69, 9.17) is 9.47 Å². The minimum absolute atomic E-state index is 0.00941. The topological polar surface area (TPSA) is 112 Å². The maximum absolute atomic E-state index is 14.7. The lowest BCUT2D eigenvalue weighted by Crippen LogP contribution is -2.37. The minimum atomic E-state index is -0.655. The van der Waals surface area contributed by atoms with Crippen molar-refractivity contribution in [3.63, 3.8) is 0 Å². The summed E-state index contributed by atoms with van der Waals surface area (Å²) in [7, 11) is 0. The number of phenolic OH excluding ortho intramolecular Hbond substituents is 2. The molecule has 31 heavy (non-hydrogen) atoms. The van der Waals surface area contributed by atoms with E-state index in [9.17, 15) is 24.2 Å². The number of phenols is 2. The molecule has 2 fully saturated rings. The summed E-state index contributed by atoms with van der Waals surface area (Å²) in [5, 5.41) is 21.8. The van der Waals surface area contributed by atoms with Crippen molar-refractivity contribution >= 4 is 23.4 Å². The molecule has 0 bridgehead atoms. The van der Waals surface area contributed by atoms with Crippen LogP contribution in [-0.4, -0.2) is 67.7 Å². The van der Waals surface area contributed by atoms with E-state index in [2.05, 4.69) is 5.32 Å². The second kappa shape index (κ2) is 8.68. The van der Waals surface area contributed by atoms with Gasteiger partial charge in [-0.2, -0.15) is 0 Å². The molecule has 0 aromatic heterocycles. The number of carbonyl (C=O) groups is 2. The number of halogens is 1. The van der Waals surface area contributed by atoms with Gasteiger partial charge in [-0.3, -0.25) is 9.69 Å². The lowest BCUT2D eigenvalue weighted by Gasteiger charge is -2.29. The molecule has 2 aliphatic heterocycles. The van der Waals surface area contributed by atoms with Crippen LogP contribution >= 0.6 is 0 Å². The van der Waals surface area contributed by atoms with Crippen molar-refractivity contribution in [3.05, 3.63) is 47.8 Å². The predicted molar refractivity (Wildman–Crippen MR) is 109 cm³/mol. The van der Waals surface area contributed by atoms with E-state index in [1.54, 1.807) is 12.1 Å². The maximum atomic E-state index is 14.7. The molecule has 2 heterocycles. The van der Waals surface area contributed by atoms with E-state index in [0.29, 0.717) is 37.7 Å². The second-order valence-corrected chi connectivity index (χ2v) is 7.23. The number of carbonyl (C=O) groups excluding carboxylic acids is 2. The fourth-order valence-corrected chi connectivity index (χ4v) is 3.58. The van der Waals surface area contributed by atoms with E-state index >= 15 is 0 Å². The highest BCUT2D eigenvalue weighted by atomic mass is 19.1. The molecule has 0 saturated carbocycles. The first kappa shape index (κ1) is 20.7. The van der Waals surface area contributed by atoms with Crippen LogP contribution in [0.15, 0.2) is 36.4 Å². The Hall–Kier alpha value is -3.53. The highest BCUT2D eigenvalue weighted by molar-refractivity contribution is 5.97. The molecule has 2 aromatic carbocycles. The van der Waals surface area contributed by atoms with Crippen LogP contribution in [-0.2, 0) is 9.47 Å². The summed E-state index contributed by atoms with van der Waals surface area (Å²) < 4.78 is 25.2. The number of cyclic esters (lactones) is 1. The third kappa shape index (κ3) is 4.33. The van der Waals surface area contributed by atoms with Gasteiger partial charge in [0.15, 0.2) is 11.5 Å². The summed E-state index contributed by atoms with van der Waals surface area (Å²) in [5.74, 6) is -2.00. The monoisotopic (exact) mass is 431 g/mol. The number of rotatable bonds is 5. The van der Waals surface area contributed by atoms with Gasteiger partial charge in [-0.15, -0.1) is 0 Å². The van der Waals surface area contributed by atoms with Crippen LogP contribution in [0.3, 0.4) is 0 Å². The van der Waals surface area contributed by atoms with Crippen molar-refractivity contribution in [2.75, 3.05) is 49.2 Å². The summed E-state index contributed by atoms with van der Waals surface area (Å²) in [4.78, 5) is 27.7. The van der Waals surface area contributed by atoms with Crippen LogP contribution in [0.2, 0.25) is 0 Å². The van der Waals surface area contributed by atoms with Gasteiger partial charge in [0.05, 0.1) is 43.2 Å². The molecule has 1 atom stereocenters. The Balaban J connectivity index is 1.38. The summed E-state index contributed by atoms with van der Waals surface area (Å²) in [6.07, 6.45) is -1.30. The standard InChI is InChI=1S/C21H22FN3O6/c22-16-10-13(4-5-17(16)24-6-8-30-9-7-24)25-12-14(31-21(25)29)11-23-20(28)15-2-1-3-18(26)19(15)27/h1-5,10,14,26-27H,6-9,11-12H2,(H,23,28)/t14-/m0/s1. The van der Waals surface area contributed by atoms with Gasteiger partial charge in [-0.05, 0) is 30.3 Å². The highest BCUT2D eigenvalue weighted by Gasteiger charge is 2.33. The third-order valence-corrected chi connectivity index (χ3v) is 5.22. The highest BCUT2D eigenvalue weighted by Crippen LogP contribution is 2.29. The Labute approximate surface area is 177 Å². The Morgan fingerprint density at radius 2 is 1.97 bits per heavy atom. The van der Waals surface area contributed by atoms with Crippen molar-refractivity contribution in [2.45, 2.75) is 6.10 Å². The zero-order valence-corrected chi connectivity index (χ0v) is 16.6. The lowest BCUT2D eigenvalue weighted by molar-refractivity contribution is 0.0913. The van der Waals surface area contributed by atoms with Gasteiger partial charge in [0.2, 0.25) is 0 Å². The SMILES string of the molecule is O=C(NC[C@H]1CN(c2ccc(N3CCOCC3)c(F)c2)C(=O)O1)c1cccc(O)c1O. The number of hydrogen-bond donors (Lipinski definition) is 3. The van der Waals surface area contributed by atoms with Gasteiger partial charge < -0.3 is 29.9 Å².